The first-order valence-corrected chi connectivity index (χ1v) is 5.39. The number of aliphatic hydroxyl groups excluding tert-OH is 1. The highest BCUT2D eigenvalue weighted by molar-refractivity contribution is 6.29. The molecule has 1 saturated carbocycles. The van der Waals surface area contributed by atoms with Crippen molar-refractivity contribution < 1.29 is 5.11 Å². The topological polar surface area (TPSA) is 62.4 Å². The maximum atomic E-state index is 8.98. The third kappa shape index (κ3) is 2.52. The number of halogens is 1. The molecule has 82 valence electrons. The molecular weight excluding hydrogens is 214 g/mol. The van der Waals surface area contributed by atoms with E-state index in [0.29, 0.717) is 23.4 Å². The molecule has 0 unspecified atom stereocenters. The van der Waals surface area contributed by atoms with Gasteiger partial charge >= 0.3 is 0 Å². The zero-order valence-corrected chi connectivity index (χ0v) is 9.11. The minimum absolute atomic E-state index is 0.116. The van der Waals surface area contributed by atoms with E-state index in [9.17, 15) is 0 Å². The quantitative estimate of drug-likeness (QED) is 0.761. The smallest absolute Gasteiger partial charge is 0.133 e. The monoisotopic (exact) mass is 227 g/mol. The number of hydrogen-bond acceptors (Lipinski definition) is 4. The van der Waals surface area contributed by atoms with Gasteiger partial charge in [-0.1, -0.05) is 11.6 Å². The second kappa shape index (κ2) is 4.24. The van der Waals surface area contributed by atoms with Crippen molar-refractivity contribution in [3.8, 4) is 0 Å². The van der Waals surface area contributed by atoms with E-state index in [1.54, 1.807) is 12.1 Å². The second-order valence-electron chi connectivity index (χ2n) is 3.73. The van der Waals surface area contributed by atoms with Gasteiger partial charge in [-0.15, -0.1) is 0 Å². The van der Waals surface area contributed by atoms with Gasteiger partial charge in [0.15, 0.2) is 0 Å². The Hall–Kier alpha value is -1.00. The fourth-order valence-corrected chi connectivity index (χ4v) is 1.84. The van der Waals surface area contributed by atoms with Gasteiger partial charge in [-0.25, -0.2) is 4.98 Å². The SMILES string of the molecule is Nc1cc(Cl)nc(N(CCO)C2CC2)c1. The maximum Gasteiger partial charge on any atom is 0.133 e. The first kappa shape index (κ1) is 10.5. The van der Waals surface area contributed by atoms with E-state index in [1.165, 1.54) is 0 Å². The molecule has 1 aromatic rings. The Bertz CT molecular complexity index is 334. The van der Waals surface area contributed by atoms with Gasteiger partial charge in [0, 0.05) is 24.3 Å². The fraction of sp³-hybridized carbons (Fsp3) is 0.500. The molecule has 15 heavy (non-hydrogen) atoms. The van der Waals surface area contributed by atoms with Crippen LogP contribution in [0.1, 0.15) is 12.8 Å². The van der Waals surface area contributed by atoms with Crippen LogP contribution in [0.25, 0.3) is 0 Å². The van der Waals surface area contributed by atoms with Crippen LogP contribution in [0.5, 0.6) is 0 Å². The number of hydrogen-bond donors (Lipinski definition) is 2. The average Bonchev–Trinajstić information content (AvgIpc) is 2.95. The summed E-state index contributed by atoms with van der Waals surface area (Å²) in [6, 6.07) is 3.90. The molecule has 0 bridgehead atoms. The first-order chi connectivity index (χ1) is 7.20. The lowest BCUT2D eigenvalue weighted by molar-refractivity contribution is 0.301. The second-order valence-corrected chi connectivity index (χ2v) is 4.12. The van der Waals surface area contributed by atoms with Crippen molar-refractivity contribution in [2.75, 3.05) is 23.8 Å². The van der Waals surface area contributed by atoms with Crippen molar-refractivity contribution in [3.05, 3.63) is 17.3 Å². The Morgan fingerprint density at radius 1 is 1.53 bits per heavy atom. The van der Waals surface area contributed by atoms with E-state index in [-0.39, 0.29) is 6.61 Å². The molecule has 1 fully saturated rings. The van der Waals surface area contributed by atoms with E-state index in [0.717, 1.165) is 18.7 Å². The standard InChI is InChI=1S/C10H14ClN3O/c11-9-5-7(12)6-10(13-9)14(3-4-15)8-1-2-8/h5-6,8,15H,1-4H2,(H2,12,13). The highest BCUT2D eigenvalue weighted by Crippen LogP contribution is 2.31. The highest BCUT2D eigenvalue weighted by atomic mass is 35.5. The van der Waals surface area contributed by atoms with Crippen LogP contribution in [0.4, 0.5) is 11.5 Å². The third-order valence-corrected chi connectivity index (χ3v) is 2.62. The molecular formula is C10H14ClN3O. The summed E-state index contributed by atoms with van der Waals surface area (Å²) in [7, 11) is 0. The average molecular weight is 228 g/mol. The molecule has 3 N–H and O–H groups in total. The van der Waals surface area contributed by atoms with Crippen molar-refractivity contribution in [1.29, 1.82) is 0 Å². The number of anilines is 2. The van der Waals surface area contributed by atoms with E-state index in [2.05, 4.69) is 9.88 Å². The molecule has 1 aliphatic rings. The number of nitrogen functional groups attached to an aromatic ring is 1. The summed E-state index contributed by atoms with van der Waals surface area (Å²) in [5.41, 5.74) is 6.31. The van der Waals surface area contributed by atoms with E-state index in [1.807, 2.05) is 0 Å². The van der Waals surface area contributed by atoms with Gasteiger partial charge in [0.05, 0.1) is 6.61 Å². The molecule has 0 saturated heterocycles. The van der Waals surface area contributed by atoms with Crippen LogP contribution < -0.4 is 10.6 Å². The third-order valence-electron chi connectivity index (χ3n) is 2.43. The van der Waals surface area contributed by atoms with Gasteiger partial charge in [0.2, 0.25) is 0 Å². The summed E-state index contributed by atoms with van der Waals surface area (Å²) in [6.07, 6.45) is 2.29. The zero-order valence-electron chi connectivity index (χ0n) is 8.36. The van der Waals surface area contributed by atoms with Crippen LogP contribution in [0.15, 0.2) is 12.1 Å². The molecule has 0 atom stereocenters. The number of rotatable bonds is 4. The summed E-state index contributed by atoms with van der Waals surface area (Å²) in [5.74, 6) is 0.761. The molecule has 0 aliphatic heterocycles. The Morgan fingerprint density at radius 3 is 2.80 bits per heavy atom. The summed E-state index contributed by atoms with van der Waals surface area (Å²) in [5, 5.41) is 9.38. The van der Waals surface area contributed by atoms with Crippen LogP contribution in [0.2, 0.25) is 5.15 Å². The Morgan fingerprint density at radius 2 is 2.27 bits per heavy atom. The number of nitrogens with zero attached hydrogens (tertiary/aromatic N) is 2. The van der Waals surface area contributed by atoms with Crippen LogP contribution in [0, 0.1) is 0 Å². The van der Waals surface area contributed by atoms with Crippen molar-refractivity contribution in [2.45, 2.75) is 18.9 Å². The fourth-order valence-electron chi connectivity index (χ4n) is 1.63. The van der Waals surface area contributed by atoms with Crippen LogP contribution in [-0.2, 0) is 0 Å². The number of pyridine rings is 1. The molecule has 0 spiro atoms. The summed E-state index contributed by atoms with van der Waals surface area (Å²) >= 11 is 5.84. The molecule has 0 radical (unpaired) electrons. The van der Waals surface area contributed by atoms with Gasteiger partial charge in [0.25, 0.3) is 0 Å². The van der Waals surface area contributed by atoms with Crippen LogP contribution in [-0.4, -0.2) is 29.3 Å². The predicted molar refractivity (Wildman–Crippen MR) is 61.1 cm³/mol. The number of aromatic nitrogens is 1. The van der Waals surface area contributed by atoms with E-state index in [4.69, 9.17) is 22.4 Å². The van der Waals surface area contributed by atoms with Crippen molar-refractivity contribution in [3.63, 3.8) is 0 Å². The van der Waals surface area contributed by atoms with Crippen LogP contribution >= 0.6 is 11.6 Å². The van der Waals surface area contributed by atoms with Crippen LogP contribution in [0.3, 0.4) is 0 Å². The maximum absolute atomic E-state index is 8.98. The minimum Gasteiger partial charge on any atom is -0.399 e. The minimum atomic E-state index is 0.116. The lowest BCUT2D eigenvalue weighted by atomic mass is 10.3. The lowest BCUT2D eigenvalue weighted by Crippen LogP contribution is -2.29. The van der Waals surface area contributed by atoms with Gasteiger partial charge < -0.3 is 15.7 Å². The molecule has 1 aromatic heterocycles. The van der Waals surface area contributed by atoms with E-state index < -0.39 is 0 Å². The molecule has 4 nitrogen and oxygen atoms in total. The zero-order chi connectivity index (χ0) is 10.8. The van der Waals surface area contributed by atoms with Crippen molar-refractivity contribution >= 4 is 23.1 Å². The molecule has 1 aliphatic carbocycles. The van der Waals surface area contributed by atoms with Gasteiger partial charge in [-0.2, -0.15) is 0 Å². The number of aliphatic hydroxyl groups is 1. The summed E-state index contributed by atoms with van der Waals surface area (Å²) in [6.45, 7) is 0.696. The Kier molecular flexibility index (Phi) is 2.98. The van der Waals surface area contributed by atoms with Gasteiger partial charge in [-0.05, 0) is 18.9 Å². The first-order valence-electron chi connectivity index (χ1n) is 5.01. The number of nitrogens with two attached hydrogens (primary N) is 1. The normalized spacial score (nSPS) is 15.3. The molecule has 1 heterocycles. The molecule has 0 aromatic carbocycles. The lowest BCUT2D eigenvalue weighted by Gasteiger charge is -2.22. The largest absolute Gasteiger partial charge is 0.399 e. The van der Waals surface area contributed by atoms with Gasteiger partial charge in [0.1, 0.15) is 11.0 Å². The molecule has 5 heteroatoms. The van der Waals surface area contributed by atoms with Gasteiger partial charge in [-0.3, -0.25) is 0 Å². The van der Waals surface area contributed by atoms with E-state index >= 15 is 0 Å². The summed E-state index contributed by atoms with van der Waals surface area (Å²) < 4.78 is 0. The van der Waals surface area contributed by atoms with Crippen molar-refractivity contribution in [1.82, 2.24) is 4.98 Å². The Balaban J connectivity index is 2.24. The Labute approximate surface area is 93.7 Å². The molecule has 0 amide bonds. The van der Waals surface area contributed by atoms with Crippen molar-refractivity contribution in [2.24, 2.45) is 0 Å². The predicted octanol–water partition coefficient (Wildman–Crippen LogP) is 1.28. The highest BCUT2D eigenvalue weighted by Gasteiger charge is 2.29. The summed E-state index contributed by atoms with van der Waals surface area (Å²) in [4.78, 5) is 6.27. The molecule has 2 rings (SSSR count).